The Labute approximate surface area is 154 Å². The number of carbonyl (C=O) groups is 1. The molecule has 0 saturated carbocycles. The van der Waals surface area contributed by atoms with E-state index in [4.69, 9.17) is 23.2 Å². The van der Waals surface area contributed by atoms with Gasteiger partial charge in [0.25, 0.3) is 0 Å². The summed E-state index contributed by atoms with van der Waals surface area (Å²) in [4.78, 5) is 12.3. The topological polar surface area (TPSA) is 29.1 Å². The van der Waals surface area contributed by atoms with Crippen molar-refractivity contribution in [2.45, 2.75) is 46.1 Å². The summed E-state index contributed by atoms with van der Waals surface area (Å²) in [5.41, 5.74) is 4.56. The van der Waals surface area contributed by atoms with Crippen molar-refractivity contribution < 1.29 is 4.79 Å². The minimum absolute atomic E-state index is 0.0350. The second-order valence-corrected chi connectivity index (χ2v) is 6.97. The first kappa shape index (κ1) is 18.8. The van der Waals surface area contributed by atoms with E-state index >= 15 is 0 Å². The summed E-state index contributed by atoms with van der Waals surface area (Å²) in [6.07, 6.45) is 1.87. The average molecular weight is 364 g/mol. The van der Waals surface area contributed by atoms with Gasteiger partial charge in [0.15, 0.2) is 0 Å². The van der Waals surface area contributed by atoms with Crippen LogP contribution in [0.3, 0.4) is 0 Å². The number of carbonyl (C=O) groups excluding carboxylic acids is 1. The Balaban J connectivity index is 1.99. The minimum atomic E-state index is 0.0350. The number of hydrogen-bond acceptors (Lipinski definition) is 1. The van der Waals surface area contributed by atoms with Crippen molar-refractivity contribution in [3.63, 3.8) is 0 Å². The molecular weight excluding hydrogens is 341 g/mol. The quantitative estimate of drug-likeness (QED) is 0.688. The van der Waals surface area contributed by atoms with Crippen LogP contribution in [0.1, 0.15) is 48.1 Å². The lowest BCUT2D eigenvalue weighted by Gasteiger charge is -2.20. The molecule has 0 aliphatic carbocycles. The predicted molar refractivity (Wildman–Crippen MR) is 102 cm³/mol. The van der Waals surface area contributed by atoms with Crippen LogP contribution in [0.2, 0.25) is 10.0 Å². The molecule has 0 fully saturated rings. The van der Waals surface area contributed by atoms with Gasteiger partial charge in [-0.2, -0.15) is 0 Å². The molecule has 1 atom stereocenters. The molecule has 2 nitrogen and oxygen atoms in total. The van der Waals surface area contributed by atoms with E-state index in [1.807, 2.05) is 6.07 Å². The lowest BCUT2D eigenvalue weighted by atomic mass is 9.97. The van der Waals surface area contributed by atoms with Crippen LogP contribution in [0.4, 0.5) is 0 Å². The molecule has 2 rings (SSSR count). The highest BCUT2D eigenvalue weighted by Gasteiger charge is 2.15. The Morgan fingerprint density at radius 3 is 2.50 bits per heavy atom. The number of rotatable bonds is 6. The van der Waals surface area contributed by atoms with E-state index in [2.05, 4.69) is 44.3 Å². The molecule has 0 aliphatic rings. The molecule has 0 spiro atoms. The van der Waals surface area contributed by atoms with Crippen LogP contribution in [-0.2, 0) is 11.2 Å². The minimum Gasteiger partial charge on any atom is -0.349 e. The van der Waals surface area contributed by atoms with Gasteiger partial charge < -0.3 is 5.32 Å². The molecule has 0 aliphatic heterocycles. The number of amides is 1. The first-order valence-electron chi connectivity index (χ1n) is 8.21. The van der Waals surface area contributed by atoms with E-state index in [1.54, 1.807) is 12.1 Å². The van der Waals surface area contributed by atoms with Crippen LogP contribution in [0, 0.1) is 13.8 Å². The van der Waals surface area contributed by atoms with E-state index in [1.165, 1.54) is 16.7 Å². The summed E-state index contributed by atoms with van der Waals surface area (Å²) in [6, 6.07) is 11.8. The maximum Gasteiger partial charge on any atom is 0.220 e. The van der Waals surface area contributed by atoms with Crippen LogP contribution < -0.4 is 5.32 Å². The van der Waals surface area contributed by atoms with Crippen LogP contribution in [0.15, 0.2) is 36.4 Å². The highest BCUT2D eigenvalue weighted by molar-refractivity contribution is 6.35. The summed E-state index contributed by atoms with van der Waals surface area (Å²) in [5, 5.41) is 4.35. The molecule has 4 heteroatoms. The smallest absolute Gasteiger partial charge is 0.220 e. The molecule has 0 radical (unpaired) electrons. The van der Waals surface area contributed by atoms with E-state index in [-0.39, 0.29) is 11.9 Å². The largest absolute Gasteiger partial charge is 0.349 e. The molecular formula is C20H23Cl2NO. The number of halogens is 2. The Bertz CT molecular complexity index is 728. The number of hydrogen-bond donors (Lipinski definition) is 1. The summed E-state index contributed by atoms with van der Waals surface area (Å²) in [6.45, 7) is 6.25. The van der Waals surface area contributed by atoms with Crippen molar-refractivity contribution in [2.75, 3.05) is 0 Å². The molecule has 24 heavy (non-hydrogen) atoms. The number of nitrogens with one attached hydrogen (secondary N) is 1. The fraction of sp³-hybridized carbons (Fsp3) is 0.350. The predicted octanol–water partition coefficient (Wildman–Crippen LogP) is 5.81. The van der Waals surface area contributed by atoms with Crippen molar-refractivity contribution in [3.05, 3.63) is 68.7 Å². The Kier molecular flexibility index (Phi) is 6.70. The van der Waals surface area contributed by atoms with E-state index < -0.39 is 0 Å². The van der Waals surface area contributed by atoms with E-state index in [0.717, 1.165) is 12.0 Å². The van der Waals surface area contributed by atoms with Crippen molar-refractivity contribution in [2.24, 2.45) is 0 Å². The fourth-order valence-corrected chi connectivity index (χ4v) is 3.36. The van der Waals surface area contributed by atoms with Gasteiger partial charge in [-0.1, -0.05) is 60.0 Å². The van der Waals surface area contributed by atoms with Gasteiger partial charge in [0.2, 0.25) is 5.91 Å². The SMILES string of the molecule is CC[C@H](NC(=O)CCc1ccc(Cl)cc1Cl)c1ccc(C)cc1C. The summed E-state index contributed by atoms with van der Waals surface area (Å²) < 4.78 is 0. The molecule has 0 aromatic heterocycles. The summed E-state index contributed by atoms with van der Waals surface area (Å²) in [5.74, 6) is 0.0350. The van der Waals surface area contributed by atoms with Gasteiger partial charge in [0.1, 0.15) is 0 Å². The van der Waals surface area contributed by atoms with Crippen LogP contribution >= 0.6 is 23.2 Å². The highest BCUT2D eigenvalue weighted by atomic mass is 35.5. The van der Waals surface area contributed by atoms with E-state index in [0.29, 0.717) is 22.9 Å². The van der Waals surface area contributed by atoms with Gasteiger partial charge in [0, 0.05) is 16.5 Å². The lowest BCUT2D eigenvalue weighted by Crippen LogP contribution is -2.28. The van der Waals surface area contributed by atoms with Gasteiger partial charge in [-0.25, -0.2) is 0 Å². The molecule has 2 aromatic rings. The van der Waals surface area contributed by atoms with Crippen molar-refractivity contribution in [1.82, 2.24) is 5.32 Å². The zero-order chi connectivity index (χ0) is 17.7. The number of aryl methyl sites for hydroxylation is 3. The van der Waals surface area contributed by atoms with Crippen molar-refractivity contribution >= 4 is 29.1 Å². The van der Waals surface area contributed by atoms with Crippen LogP contribution in [0.25, 0.3) is 0 Å². The molecule has 0 heterocycles. The van der Waals surface area contributed by atoms with Gasteiger partial charge in [-0.05, 0) is 55.5 Å². The highest BCUT2D eigenvalue weighted by Crippen LogP contribution is 2.24. The molecule has 1 N–H and O–H groups in total. The zero-order valence-corrected chi connectivity index (χ0v) is 15.8. The van der Waals surface area contributed by atoms with Crippen molar-refractivity contribution in [3.8, 4) is 0 Å². The lowest BCUT2D eigenvalue weighted by molar-refractivity contribution is -0.121. The zero-order valence-electron chi connectivity index (χ0n) is 14.3. The normalized spacial score (nSPS) is 12.0. The second-order valence-electron chi connectivity index (χ2n) is 6.12. The molecule has 0 unspecified atom stereocenters. The van der Waals surface area contributed by atoms with Gasteiger partial charge in [0.05, 0.1) is 6.04 Å². The Morgan fingerprint density at radius 1 is 1.12 bits per heavy atom. The first-order chi connectivity index (χ1) is 11.4. The molecule has 0 bridgehead atoms. The van der Waals surface area contributed by atoms with Gasteiger partial charge in [-0.15, -0.1) is 0 Å². The molecule has 0 saturated heterocycles. The summed E-state index contributed by atoms with van der Waals surface area (Å²) in [7, 11) is 0. The van der Waals surface area contributed by atoms with Crippen LogP contribution in [0.5, 0.6) is 0 Å². The second kappa shape index (κ2) is 8.55. The third kappa shape index (κ3) is 4.99. The summed E-state index contributed by atoms with van der Waals surface area (Å²) >= 11 is 12.1. The number of benzene rings is 2. The monoisotopic (exact) mass is 363 g/mol. The fourth-order valence-electron chi connectivity index (χ4n) is 2.86. The molecule has 128 valence electrons. The van der Waals surface area contributed by atoms with Gasteiger partial charge in [-0.3, -0.25) is 4.79 Å². The Morgan fingerprint density at radius 2 is 1.88 bits per heavy atom. The van der Waals surface area contributed by atoms with Crippen LogP contribution in [-0.4, -0.2) is 5.91 Å². The Hall–Kier alpha value is -1.51. The third-order valence-electron chi connectivity index (χ3n) is 4.18. The maximum absolute atomic E-state index is 12.3. The van der Waals surface area contributed by atoms with Crippen molar-refractivity contribution in [1.29, 1.82) is 0 Å². The van der Waals surface area contributed by atoms with E-state index in [9.17, 15) is 4.79 Å². The molecule has 1 amide bonds. The van der Waals surface area contributed by atoms with Gasteiger partial charge >= 0.3 is 0 Å². The third-order valence-corrected chi connectivity index (χ3v) is 4.77. The average Bonchev–Trinajstić information content (AvgIpc) is 2.52. The first-order valence-corrected chi connectivity index (χ1v) is 8.96. The molecule has 2 aromatic carbocycles. The standard InChI is InChI=1S/C20H23Cl2NO/c1-4-19(17-9-5-13(2)11-14(17)3)23-20(24)10-7-15-6-8-16(21)12-18(15)22/h5-6,8-9,11-12,19H,4,7,10H2,1-3H3,(H,23,24)/t19-/m0/s1. The maximum atomic E-state index is 12.3.